The SMILES string of the molecule is CNc1n[nH]c(NCCc2ccc(C)[nH]2)n1. The van der Waals surface area contributed by atoms with Crippen molar-refractivity contribution in [1.29, 1.82) is 0 Å². The summed E-state index contributed by atoms with van der Waals surface area (Å²) in [5, 5.41) is 12.8. The van der Waals surface area contributed by atoms with Crippen molar-refractivity contribution < 1.29 is 0 Å². The second kappa shape index (κ2) is 4.69. The van der Waals surface area contributed by atoms with Crippen molar-refractivity contribution in [2.75, 3.05) is 24.2 Å². The fourth-order valence-corrected chi connectivity index (χ4v) is 1.48. The summed E-state index contributed by atoms with van der Waals surface area (Å²) >= 11 is 0. The van der Waals surface area contributed by atoms with Gasteiger partial charge in [-0.25, -0.2) is 5.10 Å². The van der Waals surface area contributed by atoms with Crippen molar-refractivity contribution in [1.82, 2.24) is 20.2 Å². The molecule has 0 amide bonds. The predicted octanol–water partition coefficient (Wildman–Crippen LogP) is 1.14. The highest BCUT2D eigenvalue weighted by Gasteiger charge is 2.00. The Morgan fingerprint density at radius 3 is 2.88 bits per heavy atom. The molecule has 0 atom stereocenters. The van der Waals surface area contributed by atoms with E-state index in [2.05, 4.69) is 42.9 Å². The van der Waals surface area contributed by atoms with Crippen LogP contribution in [0.1, 0.15) is 11.4 Å². The number of aromatic amines is 2. The number of H-pyrrole nitrogens is 2. The monoisotopic (exact) mass is 220 g/mol. The molecule has 0 radical (unpaired) electrons. The number of anilines is 2. The molecule has 0 aliphatic rings. The molecule has 0 aliphatic carbocycles. The molecule has 4 N–H and O–H groups in total. The quantitative estimate of drug-likeness (QED) is 0.609. The highest BCUT2D eigenvalue weighted by molar-refractivity contribution is 5.32. The second-order valence-electron chi connectivity index (χ2n) is 3.60. The van der Waals surface area contributed by atoms with E-state index in [1.807, 2.05) is 6.92 Å². The topological polar surface area (TPSA) is 81.4 Å². The molecule has 2 heterocycles. The van der Waals surface area contributed by atoms with Crippen LogP contribution in [0.15, 0.2) is 12.1 Å². The third-order valence-corrected chi connectivity index (χ3v) is 2.29. The fraction of sp³-hybridized carbons (Fsp3) is 0.400. The van der Waals surface area contributed by atoms with Crippen molar-refractivity contribution in [2.45, 2.75) is 13.3 Å². The summed E-state index contributed by atoms with van der Waals surface area (Å²) < 4.78 is 0. The second-order valence-corrected chi connectivity index (χ2v) is 3.60. The molecule has 6 nitrogen and oxygen atoms in total. The Balaban J connectivity index is 1.79. The van der Waals surface area contributed by atoms with E-state index in [0.717, 1.165) is 13.0 Å². The van der Waals surface area contributed by atoms with E-state index in [-0.39, 0.29) is 0 Å². The van der Waals surface area contributed by atoms with Gasteiger partial charge in [-0.2, -0.15) is 4.98 Å². The standard InChI is InChI=1S/C10H16N6/c1-7-3-4-8(13-7)5-6-12-10-14-9(11-2)15-16-10/h3-4,13H,5-6H2,1-2H3,(H3,11,12,14,15,16). The molecule has 0 saturated heterocycles. The van der Waals surface area contributed by atoms with E-state index in [4.69, 9.17) is 0 Å². The van der Waals surface area contributed by atoms with Crippen LogP contribution in [0.3, 0.4) is 0 Å². The molecule has 6 heteroatoms. The fourth-order valence-electron chi connectivity index (χ4n) is 1.48. The van der Waals surface area contributed by atoms with Crippen molar-refractivity contribution in [2.24, 2.45) is 0 Å². The summed E-state index contributed by atoms with van der Waals surface area (Å²) in [5.41, 5.74) is 2.41. The third kappa shape index (κ3) is 2.53. The van der Waals surface area contributed by atoms with Gasteiger partial charge >= 0.3 is 0 Å². The molecule has 16 heavy (non-hydrogen) atoms. The molecule has 0 saturated carbocycles. The van der Waals surface area contributed by atoms with Crippen molar-refractivity contribution >= 4 is 11.9 Å². The molecule has 0 aliphatic heterocycles. The van der Waals surface area contributed by atoms with E-state index in [1.54, 1.807) is 7.05 Å². The van der Waals surface area contributed by atoms with E-state index in [1.165, 1.54) is 11.4 Å². The van der Waals surface area contributed by atoms with Gasteiger partial charge in [0.1, 0.15) is 0 Å². The van der Waals surface area contributed by atoms with Crippen molar-refractivity contribution in [3.05, 3.63) is 23.5 Å². The summed E-state index contributed by atoms with van der Waals surface area (Å²) in [5.74, 6) is 1.28. The third-order valence-electron chi connectivity index (χ3n) is 2.29. The molecule has 2 aromatic heterocycles. The summed E-state index contributed by atoms with van der Waals surface area (Å²) in [6, 6.07) is 4.17. The zero-order valence-electron chi connectivity index (χ0n) is 9.46. The van der Waals surface area contributed by atoms with Gasteiger partial charge in [0.05, 0.1) is 0 Å². The lowest BCUT2D eigenvalue weighted by molar-refractivity contribution is 0.948. The van der Waals surface area contributed by atoms with Gasteiger partial charge in [-0.15, -0.1) is 5.10 Å². The maximum absolute atomic E-state index is 4.17. The maximum atomic E-state index is 4.17. The zero-order valence-corrected chi connectivity index (χ0v) is 9.46. The molecule has 2 aromatic rings. The molecule has 86 valence electrons. The first kappa shape index (κ1) is 10.5. The number of hydrogen-bond acceptors (Lipinski definition) is 4. The molecule has 0 unspecified atom stereocenters. The molecule has 0 aromatic carbocycles. The summed E-state index contributed by atoms with van der Waals surface area (Å²) in [6.07, 6.45) is 0.934. The molecule has 0 fully saturated rings. The molecule has 0 spiro atoms. The average Bonchev–Trinajstić information content (AvgIpc) is 2.88. The van der Waals surface area contributed by atoms with E-state index in [9.17, 15) is 0 Å². The summed E-state index contributed by atoms with van der Waals surface area (Å²) in [6.45, 7) is 2.87. The Kier molecular flexibility index (Phi) is 3.09. The van der Waals surface area contributed by atoms with Crippen LogP contribution >= 0.6 is 0 Å². The van der Waals surface area contributed by atoms with Gasteiger partial charge in [0, 0.05) is 31.4 Å². The number of hydrogen-bond donors (Lipinski definition) is 4. The number of nitrogens with one attached hydrogen (secondary N) is 4. The van der Waals surface area contributed by atoms with Crippen LogP contribution in [0, 0.1) is 6.92 Å². The van der Waals surface area contributed by atoms with Gasteiger partial charge < -0.3 is 15.6 Å². The summed E-state index contributed by atoms with van der Waals surface area (Å²) in [4.78, 5) is 7.45. The number of nitrogens with zero attached hydrogens (tertiary/aromatic N) is 2. The molecule has 0 bridgehead atoms. The highest BCUT2D eigenvalue weighted by atomic mass is 15.3. The number of rotatable bonds is 5. The van der Waals surface area contributed by atoms with Crippen LogP contribution in [0.5, 0.6) is 0 Å². The highest BCUT2D eigenvalue weighted by Crippen LogP contribution is 2.04. The van der Waals surface area contributed by atoms with E-state index in [0.29, 0.717) is 11.9 Å². The Labute approximate surface area is 93.9 Å². The Morgan fingerprint density at radius 1 is 1.38 bits per heavy atom. The Bertz CT molecular complexity index is 444. The summed E-state index contributed by atoms with van der Waals surface area (Å²) in [7, 11) is 1.79. The number of aryl methyl sites for hydroxylation is 1. The van der Waals surface area contributed by atoms with Gasteiger partial charge in [0.15, 0.2) is 0 Å². The van der Waals surface area contributed by atoms with E-state index >= 15 is 0 Å². The van der Waals surface area contributed by atoms with Crippen LogP contribution in [0.25, 0.3) is 0 Å². The lowest BCUT2D eigenvalue weighted by atomic mass is 10.3. The van der Waals surface area contributed by atoms with Crippen LogP contribution in [-0.4, -0.2) is 33.8 Å². The number of aromatic nitrogens is 4. The van der Waals surface area contributed by atoms with Crippen LogP contribution in [-0.2, 0) is 6.42 Å². The minimum absolute atomic E-state index is 0.596. The van der Waals surface area contributed by atoms with Gasteiger partial charge in [0.25, 0.3) is 0 Å². The average molecular weight is 220 g/mol. The Hall–Kier alpha value is -1.98. The first-order chi connectivity index (χ1) is 7.78. The van der Waals surface area contributed by atoms with E-state index < -0.39 is 0 Å². The van der Waals surface area contributed by atoms with Crippen molar-refractivity contribution in [3.8, 4) is 0 Å². The lowest BCUT2D eigenvalue weighted by Gasteiger charge is -2.00. The predicted molar refractivity (Wildman–Crippen MR) is 63.7 cm³/mol. The molecule has 2 rings (SSSR count). The first-order valence-corrected chi connectivity index (χ1v) is 5.26. The Morgan fingerprint density at radius 2 is 2.25 bits per heavy atom. The molecular weight excluding hydrogens is 204 g/mol. The van der Waals surface area contributed by atoms with Crippen LogP contribution in [0.4, 0.5) is 11.9 Å². The maximum Gasteiger partial charge on any atom is 0.243 e. The zero-order chi connectivity index (χ0) is 11.4. The van der Waals surface area contributed by atoms with Gasteiger partial charge in [-0.05, 0) is 19.1 Å². The smallest absolute Gasteiger partial charge is 0.243 e. The minimum Gasteiger partial charge on any atom is -0.362 e. The van der Waals surface area contributed by atoms with Crippen molar-refractivity contribution in [3.63, 3.8) is 0 Å². The van der Waals surface area contributed by atoms with Gasteiger partial charge in [0.2, 0.25) is 11.9 Å². The minimum atomic E-state index is 0.596. The largest absolute Gasteiger partial charge is 0.362 e. The van der Waals surface area contributed by atoms with Gasteiger partial charge in [-0.3, -0.25) is 0 Å². The normalized spacial score (nSPS) is 10.4. The lowest BCUT2D eigenvalue weighted by Crippen LogP contribution is -2.06. The van der Waals surface area contributed by atoms with Gasteiger partial charge in [-0.1, -0.05) is 0 Å². The van der Waals surface area contributed by atoms with Crippen LogP contribution in [0.2, 0.25) is 0 Å². The van der Waals surface area contributed by atoms with Crippen LogP contribution < -0.4 is 10.6 Å². The first-order valence-electron chi connectivity index (χ1n) is 5.26. The molecular formula is C10H16N6.